The van der Waals surface area contributed by atoms with Gasteiger partial charge in [-0.05, 0) is 29.8 Å². The molecule has 2 N–H and O–H groups in total. The van der Waals surface area contributed by atoms with Crippen LogP contribution in [0.5, 0.6) is 11.5 Å². The summed E-state index contributed by atoms with van der Waals surface area (Å²) in [6.45, 7) is 1.89. The van der Waals surface area contributed by atoms with Gasteiger partial charge in [-0.2, -0.15) is 0 Å². The first-order chi connectivity index (χ1) is 11.2. The fourth-order valence-corrected chi connectivity index (χ4v) is 2.09. The van der Waals surface area contributed by atoms with Gasteiger partial charge in [0.2, 0.25) is 0 Å². The Bertz CT molecular complexity index is 632. The predicted octanol–water partition coefficient (Wildman–Crippen LogP) is 1.62. The Balaban J connectivity index is 1.72. The lowest BCUT2D eigenvalue weighted by atomic mass is 10.2. The molecule has 1 amide bonds. The quantitative estimate of drug-likeness (QED) is 0.724. The van der Waals surface area contributed by atoms with Crippen LogP contribution in [0.25, 0.3) is 0 Å². The lowest BCUT2D eigenvalue weighted by Crippen LogP contribution is -2.31. The van der Waals surface area contributed by atoms with Gasteiger partial charge in [0.15, 0.2) is 11.5 Å². The van der Waals surface area contributed by atoms with E-state index in [1.54, 1.807) is 38.7 Å². The molecule has 0 fully saturated rings. The van der Waals surface area contributed by atoms with Crippen LogP contribution in [-0.4, -0.2) is 38.2 Å². The Morgan fingerprint density at radius 1 is 1.13 bits per heavy atom. The van der Waals surface area contributed by atoms with Gasteiger partial charge >= 0.3 is 0 Å². The molecule has 0 saturated carbocycles. The normalized spacial score (nSPS) is 10.2. The van der Waals surface area contributed by atoms with Crippen molar-refractivity contribution in [2.45, 2.75) is 6.54 Å². The van der Waals surface area contributed by atoms with Gasteiger partial charge in [-0.3, -0.25) is 9.78 Å². The van der Waals surface area contributed by atoms with E-state index in [4.69, 9.17) is 9.47 Å². The molecule has 2 aromatic rings. The first-order valence-electron chi connectivity index (χ1n) is 7.34. The second kappa shape index (κ2) is 8.75. The first kappa shape index (κ1) is 16.8. The van der Waals surface area contributed by atoms with Crippen molar-refractivity contribution in [3.05, 3.63) is 53.9 Å². The summed E-state index contributed by atoms with van der Waals surface area (Å²) >= 11 is 0. The van der Waals surface area contributed by atoms with Crippen LogP contribution in [0.2, 0.25) is 0 Å². The minimum absolute atomic E-state index is 0.119. The number of pyridine rings is 1. The number of rotatable bonds is 8. The van der Waals surface area contributed by atoms with Crippen molar-refractivity contribution in [2.75, 3.05) is 27.3 Å². The number of hydrogen-bond acceptors (Lipinski definition) is 5. The van der Waals surface area contributed by atoms with E-state index in [9.17, 15) is 4.79 Å². The Morgan fingerprint density at radius 3 is 2.65 bits per heavy atom. The van der Waals surface area contributed by atoms with Crippen LogP contribution in [0.3, 0.4) is 0 Å². The van der Waals surface area contributed by atoms with E-state index in [0.29, 0.717) is 36.7 Å². The van der Waals surface area contributed by atoms with Crippen LogP contribution in [0.15, 0.2) is 42.7 Å². The van der Waals surface area contributed by atoms with E-state index in [1.165, 1.54) is 0 Å². The predicted molar refractivity (Wildman–Crippen MR) is 87.8 cm³/mol. The van der Waals surface area contributed by atoms with Crippen LogP contribution in [0.1, 0.15) is 15.9 Å². The molecule has 0 spiro atoms. The van der Waals surface area contributed by atoms with E-state index in [-0.39, 0.29) is 5.91 Å². The van der Waals surface area contributed by atoms with Gasteiger partial charge in [0, 0.05) is 32.0 Å². The Kier molecular flexibility index (Phi) is 6.38. The molecule has 122 valence electrons. The lowest BCUT2D eigenvalue weighted by Gasteiger charge is -2.10. The SMILES string of the molecule is COc1ccc(CNCCNC(=O)c2cccnc2)cc1OC. The van der Waals surface area contributed by atoms with Crippen LogP contribution in [0, 0.1) is 0 Å². The zero-order valence-corrected chi connectivity index (χ0v) is 13.3. The zero-order valence-electron chi connectivity index (χ0n) is 13.3. The standard InChI is InChI=1S/C17H21N3O3/c1-22-15-6-5-13(10-16(15)23-2)11-19-8-9-20-17(21)14-4-3-7-18-12-14/h3-7,10,12,19H,8-9,11H2,1-2H3,(H,20,21). The number of carbonyl (C=O) groups is 1. The molecule has 6 heteroatoms. The Morgan fingerprint density at radius 2 is 1.96 bits per heavy atom. The summed E-state index contributed by atoms with van der Waals surface area (Å²) in [5.74, 6) is 1.29. The maximum absolute atomic E-state index is 11.8. The molecule has 23 heavy (non-hydrogen) atoms. The smallest absolute Gasteiger partial charge is 0.252 e. The van der Waals surface area contributed by atoms with Crippen LogP contribution >= 0.6 is 0 Å². The maximum atomic E-state index is 11.8. The van der Waals surface area contributed by atoms with Crippen LogP contribution in [-0.2, 0) is 6.54 Å². The molecule has 0 aliphatic carbocycles. The molecule has 6 nitrogen and oxygen atoms in total. The maximum Gasteiger partial charge on any atom is 0.252 e. The second-order valence-electron chi connectivity index (χ2n) is 4.86. The molecule has 0 atom stereocenters. The van der Waals surface area contributed by atoms with Gasteiger partial charge in [0.1, 0.15) is 0 Å². The molecule has 0 aliphatic rings. The average molecular weight is 315 g/mol. The summed E-state index contributed by atoms with van der Waals surface area (Å²) in [5, 5.41) is 6.11. The molecule has 0 aliphatic heterocycles. The monoisotopic (exact) mass is 315 g/mol. The highest BCUT2D eigenvalue weighted by atomic mass is 16.5. The number of carbonyl (C=O) groups excluding carboxylic acids is 1. The van der Waals surface area contributed by atoms with Gasteiger partial charge in [-0.1, -0.05) is 6.07 Å². The summed E-state index contributed by atoms with van der Waals surface area (Å²) < 4.78 is 10.5. The number of amides is 1. The van der Waals surface area contributed by atoms with Crippen LogP contribution < -0.4 is 20.1 Å². The lowest BCUT2D eigenvalue weighted by molar-refractivity contribution is 0.0953. The average Bonchev–Trinajstić information content (AvgIpc) is 2.61. The van der Waals surface area contributed by atoms with Crippen LogP contribution in [0.4, 0.5) is 0 Å². The topological polar surface area (TPSA) is 72.5 Å². The molecule has 0 saturated heterocycles. The van der Waals surface area contributed by atoms with Crippen molar-refractivity contribution in [1.82, 2.24) is 15.6 Å². The molecule has 1 aromatic heterocycles. The fourth-order valence-electron chi connectivity index (χ4n) is 2.09. The second-order valence-corrected chi connectivity index (χ2v) is 4.86. The number of aromatic nitrogens is 1. The molecule has 0 unspecified atom stereocenters. The Hall–Kier alpha value is -2.60. The molecule has 0 radical (unpaired) electrons. The number of ether oxygens (including phenoxy) is 2. The third-order valence-electron chi connectivity index (χ3n) is 3.29. The van der Waals surface area contributed by atoms with E-state index in [1.807, 2.05) is 18.2 Å². The molecular weight excluding hydrogens is 294 g/mol. The third kappa shape index (κ3) is 4.96. The number of hydrogen-bond donors (Lipinski definition) is 2. The summed E-state index contributed by atoms with van der Waals surface area (Å²) in [5.41, 5.74) is 1.65. The highest BCUT2D eigenvalue weighted by Gasteiger charge is 2.05. The molecule has 2 rings (SSSR count). The van der Waals surface area contributed by atoms with Gasteiger partial charge in [-0.15, -0.1) is 0 Å². The molecular formula is C17H21N3O3. The van der Waals surface area contributed by atoms with E-state index in [2.05, 4.69) is 15.6 Å². The highest BCUT2D eigenvalue weighted by Crippen LogP contribution is 2.27. The molecule has 0 bridgehead atoms. The number of benzene rings is 1. The van der Waals surface area contributed by atoms with Crippen molar-refractivity contribution >= 4 is 5.91 Å². The van der Waals surface area contributed by atoms with E-state index < -0.39 is 0 Å². The van der Waals surface area contributed by atoms with Crippen molar-refractivity contribution in [2.24, 2.45) is 0 Å². The van der Waals surface area contributed by atoms with Crippen molar-refractivity contribution in [1.29, 1.82) is 0 Å². The summed E-state index contributed by atoms with van der Waals surface area (Å²) in [6, 6.07) is 9.26. The van der Waals surface area contributed by atoms with E-state index >= 15 is 0 Å². The van der Waals surface area contributed by atoms with Crippen molar-refractivity contribution < 1.29 is 14.3 Å². The summed E-state index contributed by atoms with van der Waals surface area (Å²) in [7, 11) is 3.23. The fraction of sp³-hybridized carbons (Fsp3) is 0.294. The summed E-state index contributed by atoms with van der Waals surface area (Å²) in [6.07, 6.45) is 3.19. The zero-order chi connectivity index (χ0) is 16.5. The number of nitrogens with one attached hydrogen (secondary N) is 2. The first-order valence-corrected chi connectivity index (χ1v) is 7.34. The molecule has 1 aromatic carbocycles. The molecule has 1 heterocycles. The van der Waals surface area contributed by atoms with E-state index in [0.717, 1.165) is 5.56 Å². The largest absolute Gasteiger partial charge is 0.493 e. The van der Waals surface area contributed by atoms with Gasteiger partial charge in [0.25, 0.3) is 5.91 Å². The van der Waals surface area contributed by atoms with Crippen molar-refractivity contribution in [3.63, 3.8) is 0 Å². The third-order valence-corrected chi connectivity index (χ3v) is 3.29. The number of nitrogens with zero attached hydrogens (tertiary/aromatic N) is 1. The highest BCUT2D eigenvalue weighted by molar-refractivity contribution is 5.93. The van der Waals surface area contributed by atoms with Gasteiger partial charge < -0.3 is 20.1 Å². The van der Waals surface area contributed by atoms with Crippen molar-refractivity contribution in [3.8, 4) is 11.5 Å². The minimum Gasteiger partial charge on any atom is -0.493 e. The van der Waals surface area contributed by atoms with Gasteiger partial charge in [-0.25, -0.2) is 0 Å². The minimum atomic E-state index is -0.119. The Labute approximate surface area is 135 Å². The van der Waals surface area contributed by atoms with Gasteiger partial charge in [0.05, 0.1) is 19.8 Å². The number of methoxy groups -OCH3 is 2. The summed E-state index contributed by atoms with van der Waals surface area (Å²) in [4.78, 5) is 15.7.